The molecule has 98 valence electrons. The molecular weight excluding hydrogens is 250 g/mol. The molecule has 1 aliphatic rings. The van der Waals surface area contributed by atoms with Crippen LogP contribution in [-0.2, 0) is 0 Å². The first-order valence-electron chi connectivity index (χ1n) is 6.26. The largest absolute Gasteiger partial charge is 0.336 e. The second kappa shape index (κ2) is 5.67. The van der Waals surface area contributed by atoms with Crippen LogP contribution in [0.4, 0.5) is 0 Å². The second-order valence-electron chi connectivity index (χ2n) is 4.58. The Balaban J connectivity index is 2.10. The van der Waals surface area contributed by atoms with E-state index in [1.54, 1.807) is 18.5 Å². The van der Waals surface area contributed by atoms with Crippen LogP contribution in [0.1, 0.15) is 24.2 Å². The molecule has 1 aliphatic heterocycles. The van der Waals surface area contributed by atoms with E-state index in [9.17, 15) is 4.79 Å². The summed E-state index contributed by atoms with van der Waals surface area (Å²) in [5, 5.41) is 0.473. The maximum atomic E-state index is 12.3. The fourth-order valence-corrected chi connectivity index (χ4v) is 2.54. The molecule has 1 aromatic rings. The third-order valence-electron chi connectivity index (χ3n) is 3.46. The molecule has 0 bridgehead atoms. The molecule has 1 atom stereocenters. The van der Waals surface area contributed by atoms with E-state index >= 15 is 0 Å². The number of likely N-dealkylation sites (N-methyl/N-ethyl adjacent to an activating group) is 1. The lowest BCUT2D eigenvalue weighted by Gasteiger charge is -2.39. The van der Waals surface area contributed by atoms with Crippen molar-refractivity contribution in [1.29, 1.82) is 0 Å². The number of aromatic nitrogens is 1. The summed E-state index contributed by atoms with van der Waals surface area (Å²) in [5.74, 6) is -0.0179. The van der Waals surface area contributed by atoms with Crippen LogP contribution >= 0.6 is 11.6 Å². The van der Waals surface area contributed by atoms with Crippen LogP contribution in [0.5, 0.6) is 0 Å². The monoisotopic (exact) mass is 267 g/mol. The van der Waals surface area contributed by atoms with E-state index in [0.29, 0.717) is 16.6 Å². The first-order chi connectivity index (χ1) is 8.63. The molecule has 1 unspecified atom stereocenters. The molecule has 5 heteroatoms. The normalized spacial score (nSPS) is 21.1. The van der Waals surface area contributed by atoms with Crippen LogP contribution < -0.4 is 0 Å². The third-order valence-corrected chi connectivity index (χ3v) is 3.79. The fraction of sp³-hybridized carbons (Fsp3) is 0.538. The number of rotatable bonds is 2. The minimum absolute atomic E-state index is 0.0179. The van der Waals surface area contributed by atoms with E-state index in [1.165, 1.54) is 0 Å². The molecule has 0 aliphatic carbocycles. The summed E-state index contributed by atoms with van der Waals surface area (Å²) in [6, 6.07) is 2.05. The number of hydrogen-bond donors (Lipinski definition) is 0. The van der Waals surface area contributed by atoms with Crippen LogP contribution in [-0.4, -0.2) is 52.9 Å². The van der Waals surface area contributed by atoms with Crippen molar-refractivity contribution in [1.82, 2.24) is 14.8 Å². The Labute approximate surface area is 113 Å². The molecule has 1 aromatic heterocycles. The minimum atomic E-state index is -0.0179. The summed E-state index contributed by atoms with van der Waals surface area (Å²) >= 11 is 6.03. The number of piperazine rings is 1. The topological polar surface area (TPSA) is 36.4 Å². The molecule has 0 spiro atoms. The molecule has 1 fully saturated rings. The van der Waals surface area contributed by atoms with Gasteiger partial charge in [0, 0.05) is 38.1 Å². The van der Waals surface area contributed by atoms with Crippen LogP contribution in [0.15, 0.2) is 18.5 Å². The van der Waals surface area contributed by atoms with Gasteiger partial charge in [-0.05, 0) is 19.5 Å². The average molecular weight is 268 g/mol. The van der Waals surface area contributed by atoms with Gasteiger partial charge in [0.1, 0.15) is 0 Å². The summed E-state index contributed by atoms with van der Waals surface area (Å²) in [6.45, 7) is 7.73. The van der Waals surface area contributed by atoms with E-state index in [2.05, 4.69) is 23.7 Å². The molecule has 2 rings (SSSR count). The van der Waals surface area contributed by atoms with Gasteiger partial charge in [0.2, 0.25) is 0 Å². The Morgan fingerprint density at radius 2 is 2.33 bits per heavy atom. The van der Waals surface area contributed by atoms with Crippen molar-refractivity contribution in [2.75, 3.05) is 26.2 Å². The number of halogens is 1. The lowest BCUT2D eigenvalue weighted by Crippen LogP contribution is -2.53. The van der Waals surface area contributed by atoms with Crippen LogP contribution in [0.25, 0.3) is 0 Å². The van der Waals surface area contributed by atoms with Gasteiger partial charge in [-0.15, -0.1) is 0 Å². The third kappa shape index (κ3) is 2.65. The molecule has 1 saturated heterocycles. The smallest absolute Gasteiger partial charge is 0.257 e. The standard InChI is InChI=1S/C13H18ClN3O/c1-3-16-6-7-17(9-10(16)2)13(18)11-8-15-5-4-12(11)14/h4-5,8,10H,3,6-7,9H2,1-2H3. The highest BCUT2D eigenvalue weighted by Gasteiger charge is 2.27. The first-order valence-corrected chi connectivity index (χ1v) is 6.64. The van der Waals surface area contributed by atoms with Gasteiger partial charge in [0.25, 0.3) is 5.91 Å². The lowest BCUT2D eigenvalue weighted by atomic mass is 10.1. The molecule has 2 heterocycles. The van der Waals surface area contributed by atoms with Gasteiger partial charge in [0.15, 0.2) is 0 Å². The van der Waals surface area contributed by atoms with E-state index < -0.39 is 0 Å². The van der Waals surface area contributed by atoms with Crippen molar-refractivity contribution in [3.8, 4) is 0 Å². The minimum Gasteiger partial charge on any atom is -0.336 e. The summed E-state index contributed by atoms with van der Waals surface area (Å²) in [4.78, 5) is 20.5. The quantitative estimate of drug-likeness (QED) is 0.821. The van der Waals surface area contributed by atoms with Crippen LogP contribution in [0.2, 0.25) is 5.02 Å². The number of pyridine rings is 1. The summed E-state index contributed by atoms with van der Waals surface area (Å²) in [7, 11) is 0. The Hall–Kier alpha value is -1.13. The molecule has 0 aromatic carbocycles. The molecular formula is C13H18ClN3O. The van der Waals surface area contributed by atoms with Gasteiger partial charge >= 0.3 is 0 Å². The highest BCUT2D eigenvalue weighted by atomic mass is 35.5. The molecule has 0 saturated carbocycles. The molecule has 18 heavy (non-hydrogen) atoms. The van der Waals surface area contributed by atoms with Crippen molar-refractivity contribution in [3.05, 3.63) is 29.0 Å². The van der Waals surface area contributed by atoms with Gasteiger partial charge < -0.3 is 4.90 Å². The van der Waals surface area contributed by atoms with Crippen molar-refractivity contribution in [3.63, 3.8) is 0 Å². The van der Waals surface area contributed by atoms with Gasteiger partial charge in [-0.3, -0.25) is 14.7 Å². The zero-order valence-corrected chi connectivity index (χ0v) is 11.5. The predicted molar refractivity (Wildman–Crippen MR) is 71.9 cm³/mol. The number of amides is 1. The van der Waals surface area contributed by atoms with E-state index in [1.807, 2.05) is 4.90 Å². The van der Waals surface area contributed by atoms with E-state index in [0.717, 1.165) is 26.2 Å². The molecule has 1 amide bonds. The maximum absolute atomic E-state index is 12.3. The van der Waals surface area contributed by atoms with Crippen molar-refractivity contribution >= 4 is 17.5 Å². The van der Waals surface area contributed by atoms with Crippen molar-refractivity contribution in [2.24, 2.45) is 0 Å². The van der Waals surface area contributed by atoms with Crippen LogP contribution in [0, 0.1) is 0 Å². The SMILES string of the molecule is CCN1CCN(C(=O)c2cnccc2Cl)CC1C. The zero-order chi connectivity index (χ0) is 13.1. The van der Waals surface area contributed by atoms with Gasteiger partial charge in [-0.2, -0.15) is 0 Å². The predicted octanol–water partition coefficient (Wildman–Crippen LogP) is 1.90. The van der Waals surface area contributed by atoms with Gasteiger partial charge in [0.05, 0.1) is 10.6 Å². The molecule has 0 N–H and O–H groups in total. The van der Waals surface area contributed by atoms with E-state index in [4.69, 9.17) is 11.6 Å². The molecule has 4 nitrogen and oxygen atoms in total. The Bertz CT molecular complexity index is 438. The number of carbonyl (C=O) groups is 1. The Kier molecular flexibility index (Phi) is 4.19. The van der Waals surface area contributed by atoms with Crippen molar-refractivity contribution in [2.45, 2.75) is 19.9 Å². The van der Waals surface area contributed by atoms with Gasteiger partial charge in [-0.1, -0.05) is 18.5 Å². The summed E-state index contributed by atoms with van der Waals surface area (Å²) in [6.07, 6.45) is 3.14. The highest BCUT2D eigenvalue weighted by molar-refractivity contribution is 6.33. The number of carbonyl (C=O) groups excluding carboxylic acids is 1. The fourth-order valence-electron chi connectivity index (χ4n) is 2.35. The van der Waals surface area contributed by atoms with Crippen LogP contribution in [0.3, 0.4) is 0 Å². The van der Waals surface area contributed by atoms with E-state index in [-0.39, 0.29) is 5.91 Å². The number of hydrogen-bond acceptors (Lipinski definition) is 3. The Morgan fingerprint density at radius 1 is 1.56 bits per heavy atom. The first kappa shape index (κ1) is 13.3. The summed E-state index contributed by atoms with van der Waals surface area (Å²) < 4.78 is 0. The van der Waals surface area contributed by atoms with Crippen molar-refractivity contribution < 1.29 is 4.79 Å². The highest BCUT2D eigenvalue weighted by Crippen LogP contribution is 2.18. The average Bonchev–Trinajstić information content (AvgIpc) is 2.38. The summed E-state index contributed by atoms with van der Waals surface area (Å²) in [5.41, 5.74) is 0.497. The second-order valence-corrected chi connectivity index (χ2v) is 4.99. The maximum Gasteiger partial charge on any atom is 0.257 e. The zero-order valence-electron chi connectivity index (χ0n) is 10.8. The number of nitrogens with zero attached hydrogens (tertiary/aromatic N) is 3. The molecule has 0 radical (unpaired) electrons. The Morgan fingerprint density at radius 3 is 2.94 bits per heavy atom. The van der Waals surface area contributed by atoms with Gasteiger partial charge in [-0.25, -0.2) is 0 Å². The lowest BCUT2D eigenvalue weighted by molar-refractivity contribution is 0.0528.